The summed E-state index contributed by atoms with van der Waals surface area (Å²) in [6.07, 6.45) is 4.76. The van der Waals surface area contributed by atoms with E-state index in [1.54, 1.807) is 31.6 Å². The molecule has 36 heavy (non-hydrogen) atoms. The van der Waals surface area contributed by atoms with E-state index in [4.69, 9.17) is 25.6 Å². The minimum absolute atomic E-state index is 0.288. The van der Waals surface area contributed by atoms with Gasteiger partial charge in [0.25, 0.3) is 0 Å². The van der Waals surface area contributed by atoms with Crippen LogP contribution in [0.3, 0.4) is 0 Å². The fourth-order valence-electron chi connectivity index (χ4n) is 5.33. The van der Waals surface area contributed by atoms with Crippen molar-refractivity contribution < 1.29 is 9.47 Å². The first kappa shape index (κ1) is 24.0. The van der Waals surface area contributed by atoms with Crippen LogP contribution < -0.4 is 20.1 Å². The Labute approximate surface area is 211 Å². The second-order valence-corrected chi connectivity index (χ2v) is 9.53. The lowest BCUT2D eigenvalue weighted by atomic mass is 9.87. The van der Waals surface area contributed by atoms with Crippen LogP contribution in [0.1, 0.15) is 41.3 Å². The highest BCUT2D eigenvalue weighted by atomic mass is 16.5. The van der Waals surface area contributed by atoms with Crippen LogP contribution in [0.15, 0.2) is 36.7 Å². The number of nitrogen functional groups attached to an aromatic ring is 1. The first-order valence-corrected chi connectivity index (χ1v) is 12.3. The molecule has 3 fully saturated rings. The van der Waals surface area contributed by atoms with Crippen molar-refractivity contribution in [3.63, 3.8) is 0 Å². The number of anilines is 2. The maximum Gasteiger partial charge on any atom is 0.162 e. The van der Waals surface area contributed by atoms with Gasteiger partial charge < -0.3 is 20.1 Å². The lowest BCUT2D eigenvalue weighted by molar-refractivity contribution is 0.00438. The minimum Gasteiger partial charge on any atom is -0.493 e. The van der Waals surface area contributed by atoms with Gasteiger partial charge in [0.2, 0.25) is 0 Å². The molecule has 2 aromatic heterocycles. The van der Waals surface area contributed by atoms with Crippen LogP contribution in [0.2, 0.25) is 0 Å². The number of piperidine rings is 1. The molecule has 6 rings (SSSR count). The van der Waals surface area contributed by atoms with E-state index in [2.05, 4.69) is 26.9 Å². The van der Waals surface area contributed by atoms with Gasteiger partial charge in [0, 0.05) is 59.8 Å². The van der Waals surface area contributed by atoms with E-state index in [0.717, 1.165) is 42.3 Å². The maximum absolute atomic E-state index is 8.85. The van der Waals surface area contributed by atoms with E-state index in [1.807, 2.05) is 26.0 Å². The number of hydrogen-bond donors (Lipinski definition) is 2. The van der Waals surface area contributed by atoms with E-state index in [0.29, 0.717) is 47.0 Å². The first-order valence-electron chi connectivity index (χ1n) is 12.3. The summed E-state index contributed by atoms with van der Waals surface area (Å²) in [5.74, 6) is 1.99. The molecule has 0 amide bonds. The molecule has 0 aliphatic carbocycles. The largest absolute Gasteiger partial charge is 0.493 e. The summed E-state index contributed by atoms with van der Waals surface area (Å²) in [6.45, 7) is 9.55. The number of piperazine rings is 1. The van der Waals surface area contributed by atoms with Gasteiger partial charge in [-0.2, -0.15) is 10.2 Å². The fourth-order valence-corrected chi connectivity index (χ4v) is 5.33. The van der Waals surface area contributed by atoms with Crippen LogP contribution >= 0.6 is 0 Å². The lowest BCUT2D eigenvalue weighted by Gasteiger charge is -2.56. The van der Waals surface area contributed by atoms with E-state index < -0.39 is 0 Å². The number of pyridine rings is 1. The molecule has 0 radical (unpaired) electrons. The molecule has 5 heterocycles. The Bertz CT molecular complexity index is 1250. The van der Waals surface area contributed by atoms with Crippen LogP contribution in [0.25, 0.3) is 0 Å². The Hall–Kier alpha value is -3.72. The van der Waals surface area contributed by atoms with E-state index in [1.165, 1.54) is 6.42 Å². The predicted octanol–water partition coefficient (Wildman–Crippen LogP) is 3.36. The van der Waals surface area contributed by atoms with Crippen LogP contribution in [0.5, 0.6) is 11.5 Å². The van der Waals surface area contributed by atoms with Gasteiger partial charge in [-0.3, -0.25) is 10.3 Å². The lowest BCUT2D eigenvalue weighted by Crippen LogP contribution is -2.68. The summed E-state index contributed by atoms with van der Waals surface area (Å²) >= 11 is 0. The molecule has 3 aromatic rings. The standard InChI is InChI=1S/C27H33N7O2/c1-5-34-19-8-20(34)14-33(13-19)26-7-6-18(12-30-26)27(29)21-9-25(24(35-4)10-23(21)28)36-15-22-16(2)11-31-32-17(22)3/h6-7,9-12,19-20,29H,5,8,13-15,28H2,1-4H3. The average Bonchev–Trinajstić information content (AvgIpc) is 2.89. The Morgan fingerprint density at radius 1 is 1.14 bits per heavy atom. The SMILES string of the molecule is CCN1C2CC1CN(c1ccc(C(=N)c3cc(OCc4c(C)cnnc4C)c(OC)cc3N)cn1)C2. The van der Waals surface area contributed by atoms with Crippen molar-refractivity contribution in [3.8, 4) is 11.5 Å². The fraction of sp³-hybridized carbons (Fsp3) is 0.407. The smallest absolute Gasteiger partial charge is 0.162 e. The molecule has 2 atom stereocenters. The molecule has 0 spiro atoms. The molecule has 3 N–H and O–H groups in total. The highest BCUT2D eigenvalue weighted by Gasteiger charge is 2.43. The molecule has 2 bridgehead atoms. The number of rotatable bonds is 8. The van der Waals surface area contributed by atoms with Crippen LogP contribution in [0.4, 0.5) is 11.5 Å². The second kappa shape index (κ2) is 9.73. The normalized spacial score (nSPS) is 19.1. The zero-order valence-electron chi connectivity index (χ0n) is 21.3. The van der Waals surface area contributed by atoms with E-state index in [9.17, 15) is 0 Å². The third kappa shape index (κ3) is 4.35. The summed E-state index contributed by atoms with van der Waals surface area (Å²) in [5, 5.41) is 17.0. The quantitative estimate of drug-likeness (QED) is 0.367. The van der Waals surface area contributed by atoms with Gasteiger partial charge in [-0.1, -0.05) is 6.92 Å². The molecule has 2 unspecified atom stereocenters. The van der Waals surface area contributed by atoms with Crippen LogP contribution in [0, 0.1) is 19.3 Å². The highest BCUT2D eigenvalue weighted by Crippen LogP contribution is 2.35. The molecule has 3 aliphatic rings. The molecule has 1 aromatic carbocycles. The van der Waals surface area contributed by atoms with Crippen molar-refractivity contribution in [3.05, 3.63) is 64.6 Å². The van der Waals surface area contributed by atoms with Gasteiger partial charge in [-0.05, 0) is 50.6 Å². The summed E-state index contributed by atoms with van der Waals surface area (Å²) in [5.41, 5.74) is 11.1. The number of aromatic nitrogens is 3. The number of likely N-dealkylation sites (N-methyl/N-ethyl adjacent to an activating group) is 1. The number of fused-ring (bicyclic) bond motifs is 2. The van der Waals surface area contributed by atoms with Crippen molar-refractivity contribution in [2.24, 2.45) is 0 Å². The molecule has 3 saturated heterocycles. The van der Waals surface area contributed by atoms with E-state index >= 15 is 0 Å². The molecule has 0 saturated carbocycles. The number of nitrogens with one attached hydrogen (secondary N) is 1. The Morgan fingerprint density at radius 2 is 1.92 bits per heavy atom. The van der Waals surface area contributed by atoms with Crippen molar-refractivity contribution in [1.29, 1.82) is 5.41 Å². The van der Waals surface area contributed by atoms with Gasteiger partial charge in [0.05, 0.1) is 24.7 Å². The van der Waals surface area contributed by atoms with Gasteiger partial charge in [0.1, 0.15) is 12.4 Å². The Kier molecular flexibility index (Phi) is 6.49. The minimum atomic E-state index is 0.288. The van der Waals surface area contributed by atoms with E-state index in [-0.39, 0.29) is 5.71 Å². The third-order valence-corrected chi connectivity index (χ3v) is 7.42. The van der Waals surface area contributed by atoms with Crippen molar-refractivity contribution >= 4 is 17.2 Å². The van der Waals surface area contributed by atoms with Crippen LogP contribution in [-0.2, 0) is 6.61 Å². The van der Waals surface area contributed by atoms with Gasteiger partial charge in [-0.25, -0.2) is 4.98 Å². The highest BCUT2D eigenvalue weighted by molar-refractivity contribution is 6.14. The number of benzene rings is 1. The number of nitrogens with zero attached hydrogens (tertiary/aromatic N) is 5. The predicted molar refractivity (Wildman–Crippen MR) is 140 cm³/mol. The first-order chi connectivity index (χ1) is 17.4. The monoisotopic (exact) mass is 487 g/mol. The summed E-state index contributed by atoms with van der Waals surface area (Å²) in [6, 6.07) is 8.67. The molecule has 188 valence electrons. The molecular weight excluding hydrogens is 454 g/mol. The topological polar surface area (TPSA) is 113 Å². The van der Waals surface area contributed by atoms with Crippen molar-refractivity contribution in [2.75, 3.05) is 37.4 Å². The number of aryl methyl sites for hydroxylation is 2. The molecule has 3 aliphatic heterocycles. The number of methoxy groups -OCH3 is 1. The van der Waals surface area contributed by atoms with Gasteiger partial charge in [0.15, 0.2) is 11.5 Å². The van der Waals surface area contributed by atoms with Crippen LogP contribution in [-0.4, -0.2) is 64.6 Å². The van der Waals surface area contributed by atoms with Crippen molar-refractivity contribution in [1.82, 2.24) is 20.1 Å². The zero-order valence-corrected chi connectivity index (χ0v) is 21.3. The number of nitrogens with two attached hydrogens (primary N) is 1. The molecule has 9 nitrogen and oxygen atoms in total. The summed E-state index contributed by atoms with van der Waals surface area (Å²) < 4.78 is 11.6. The van der Waals surface area contributed by atoms with Crippen molar-refractivity contribution in [2.45, 2.75) is 45.9 Å². The summed E-state index contributed by atoms with van der Waals surface area (Å²) in [4.78, 5) is 9.61. The number of hydrogen-bond acceptors (Lipinski definition) is 9. The number of ether oxygens (including phenoxy) is 2. The third-order valence-electron chi connectivity index (χ3n) is 7.42. The van der Waals surface area contributed by atoms with Gasteiger partial charge in [-0.15, -0.1) is 0 Å². The Balaban J connectivity index is 1.34. The molecule has 9 heteroatoms. The second-order valence-electron chi connectivity index (χ2n) is 9.53. The zero-order chi connectivity index (χ0) is 25.4. The summed E-state index contributed by atoms with van der Waals surface area (Å²) in [7, 11) is 1.57. The van der Waals surface area contributed by atoms with Gasteiger partial charge >= 0.3 is 0 Å². The molecular formula is C27H33N7O2. The maximum atomic E-state index is 8.85. The Morgan fingerprint density at radius 3 is 2.56 bits per heavy atom. The average molecular weight is 488 g/mol.